The Morgan fingerprint density at radius 3 is 2.85 bits per heavy atom. The number of nitrogens with zero attached hydrogens (tertiary/aromatic N) is 5. The molecule has 1 aromatic carbocycles. The molecule has 1 atom stereocenters. The average molecular weight is 434 g/mol. The number of hydrazone groups is 1. The molecule has 0 bridgehead atoms. The van der Waals surface area contributed by atoms with E-state index >= 15 is 0 Å². The number of nitrogens with one attached hydrogen (secondary N) is 1. The number of urea groups is 1. The molecule has 0 aliphatic carbocycles. The number of fused-ring (bicyclic) bond motifs is 1. The Morgan fingerprint density at radius 1 is 1.41 bits per heavy atom. The predicted molar refractivity (Wildman–Crippen MR) is 104 cm³/mol. The van der Waals surface area contributed by atoms with Crippen molar-refractivity contribution < 1.29 is 19.3 Å². The number of guanidine groups is 1. The molecular formula is C17H18BrN6O3+. The van der Waals surface area contributed by atoms with Gasteiger partial charge in [0.2, 0.25) is 11.9 Å². The van der Waals surface area contributed by atoms with E-state index in [1.54, 1.807) is 35.9 Å². The van der Waals surface area contributed by atoms with E-state index in [1.807, 2.05) is 0 Å². The number of carbonyl (C=O) groups excluding carboxylic acids is 2. The molecule has 0 saturated carbocycles. The highest BCUT2D eigenvalue weighted by molar-refractivity contribution is 9.10. The Morgan fingerprint density at radius 2 is 2.15 bits per heavy atom. The van der Waals surface area contributed by atoms with E-state index in [2.05, 4.69) is 38.0 Å². The molecule has 140 valence electrons. The first-order valence-electron chi connectivity index (χ1n) is 8.01. The van der Waals surface area contributed by atoms with Gasteiger partial charge in [0.1, 0.15) is 5.75 Å². The standard InChI is InChI=1S/C17H17BrN6O3/c1-4-7-24-13-14(22(2)17(27)23(3)15(13)26)20-16(24)21-19-9-10-8-11(18)5-6-12(10)25/h4-6,8-9,13H,1,7H2,2-3H3,(H,19,25)/p+1. The summed E-state index contributed by atoms with van der Waals surface area (Å²) in [6, 6.07) is 3.79. The maximum Gasteiger partial charge on any atom is 0.414 e. The minimum absolute atomic E-state index is 0.0743. The number of benzene rings is 1. The van der Waals surface area contributed by atoms with Crippen LogP contribution in [0.3, 0.4) is 0 Å². The fourth-order valence-corrected chi connectivity index (χ4v) is 3.19. The number of rotatable bonds is 4. The van der Waals surface area contributed by atoms with E-state index in [9.17, 15) is 14.7 Å². The fourth-order valence-electron chi connectivity index (χ4n) is 2.81. The van der Waals surface area contributed by atoms with Crippen LogP contribution in [0, 0.1) is 0 Å². The van der Waals surface area contributed by atoms with Gasteiger partial charge in [-0.2, -0.15) is 5.43 Å². The Labute approximate surface area is 164 Å². The molecule has 1 aromatic rings. The van der Waals surface area contributed by atoms with E-state index in [1.165, 1.54) is 18.2 Å². The van der Waals surface area contributed by atoms with Crippen molar-refractivity contribution in [1.29, 1.82) is 0 Å². The van der Waals surface area contributed by atoms with Crippen LogP contribution in [-0.4, -0.2) is 76.1 Å². The topological polar surface area (TPSA) is 101 Å². The highest BCUT2D eigenvalue weighted by Gasteiger charge is 2.51. The quantitative estimate of drug-likeness (QED) is 0.319. The largest absolute Gasteiger partial charge is 0.507 e. The first-order valence-corrected chi connectivity index (χ1v) is 8.80. The van der Waals surface area contributed by atoms with Gasteiger partial charge >= 0.3 is 12.0 Å². The summed E-state index contributed by atoms with van der Waals surface area (Å²) >= 11 is 3.33. The van der Waals surface area contributed by atoms with Crippen LogP contribution in [0.5, 0.6) is 5.75 Å². The van der Waals surface area contributed by atoms with Crippen molar-refractivity contribution in [3.63, 3.8) is 0 Å². The number of hydrogen-bond acceptors (Lipinski definition) is 6. The summed E-state index contributed by atoms with van der Waals surface area (Å²) in [6.45, 7) is 4.04. The second kappa shape index (κ2) is 7.31. The van der Waals surface area contributed by atoms with Gasteiger partial charge in [0.15, 0.2) is 0 Å². The molecule has 0 radical (unpaired) electrons. The van der Waals surface area contributed by atoms with Gasteiger partial charge in [-0.05, 0) is 18.2 Å². The lowest BCUT2D eigenvalue weighted by Crippen LogP contribution is -2.61. The van der Waals surface area contributed by atoms with Crippen molar-refractivity contribution in [3.8, 4) is 5.75 Å². The number of amides is 3. The Balaban J connectivity index is 1.91. The smallest absolute Gasteiger partial charge is 0.414 e. The number of halogens is 1. The van der Waals surface area contributed by atoms with E-state index < -0.39 is 12.1 Å². The van der Waals surface area contributed by atoms with Gasteiger partial charge in [-0.15, -0.1) is 5.10 Å². The van der Waals surface area contributed by atoms with Crippen LogP contribution in [0.4, 0.5) is 4.79 Å². The van der Waals surface area contributed by atoms with Crippen molar-refractivity contribution in [3.05, 3.63) is 40.9 Å². The van der Waals surface area contributed by atoms with Crippen molar-refractivity contribution in [2.45, 2.75) is 6.04 Å². The summed E-state index contributed by atoms with van der Waals surface area (Å²) in [4.78, 5) is 31.5. The van der Waals surface area contributed by atoms with Crippen molar-refractivity contribution >= 4 is 45.9 Å². The van der Waals surface area contributed by atoms with Crippen molar-refractivity contribution in [2.75, 3.05) is 20.6 Å². The molecule has 3 rings (SSSR count). The Hall–Kier alpha value is -3.01. The zero-order valence-electron chi connectivity index (χ0n) is 14.8. The van der Waals surface area contributed by atoms with Crippen LogP contribution in [0.1, 0.15) is 5.56 Å². The molecule has 1 saturated heterocycles. The highest BCUT2D eigenvalue weighted by Crippen LogP contribution is 2.20. The molecule has 1 unspecified atom stereocenters. The molecule has 2 heterocycles. The number of phenolic OH excluding ortho intramolecular Hbond substituents is 1. The van der Waals surface area contributed by atoms with E-state index in [-0.39, 0.29) is 11.7 Å². The van der Waals surface area contributed by atoms with E-state index in [0.717, 1.165) is 9.37 Å². The molecule has 1 fully saturated rings. The summed E-state index contributed by atoms with van der Waals surface area (Å²) < 4.78 is 2.46. The summed E-state index contributed by atoms with van der Waals surface area (Å²) in [7, 11) is 3.00. The van der Waals surface area contributed by atoms with Crippen molar-refractivity contribution in [1.82, 2.24) is 15.2 Å². The number of likely N-dealkylation sites (N-methyl/N-ethyl adjacent to an activating group) is 2. The number of aromatic hydroxyl groups is 1. The Kier molecular flexibility index (Phi) is 5.08. The number of aliphatic imine (C=N–C) groups is 1. The minimum Gasteiger partial charge on any atom is -0.507 e. The van der Waals surface area contributed by atoms with Gasteiger partial charge in [0.05, 0.1) is 12.8 Å². The lowest BCUT2D eigenvalue weighted by molar-refractivity contribution is -0.527. The van der Waals surface area contributed by atoms with Crippen LogP contribution in [0.25, 0.3) is 0 Å². The number of imide groups is 1. The van der Waals surface area contributed by atoms with Crippen molar-refractivity contribution in [2.24, 2.45) is 10.1 Å². The third-order valence-electron chi connectivity index (χ3n) is 4.21. The fraction of sp³-hybridized carbons (Fsp3) is 0.235. The van der Waals surface area contributed by atoms with Crippen LogP contribution >= 0.6 is 15.9 Å². The summed E-state index contributed by atoms with van der Waals surface area (Å²) in [5.41, 5.74) is 3.28. The molecule has 10 heteroatoms. The zero-order chi connectivity index (χ0) is 19.7. The predicted octanol–water partition coefficient (Wildman–Crippen LogP) is 0.937. The number of amidine groups is 1. The third kappa shape index (κ3) is 3.35. The molecule has 2 aliphatic rings. The molecule has 2 aliphatic heterocycles. The monoisotopic (exact) mass is 433 g/mol. The van der Waals surface area contributed by atoms with Crippen LogP contribution in [-0.2, 0) is 4.79 Å². The molecular weight excluding hydrogens is 416 g/mol. The maximum absolute atomic E-state index is 12.6. The number of carbonyl (C=O) groups is 2. The lowest BCUT2D eigenvalue weighted by Gasteiger charge is -2.31. The SMILES string of the molecule is C=CC[N+]1=C(N/N=C/c2cc(Br)ccc2O)N=C2C1C(=O)N(C)C(=O)N2C. The highest BCUT2D eigenvalue weighted by atomic mass is 79.9. The van der Waals surface area contributed by atoms with Crippen LogP contribution < -0.4 is 5.43 Å². The van der Waals surface area contributed by atoms with Crippen LogP contribution in [0.2, 0.25) is 0 Å². The molecule has 0 spiro atoms. The number of phenols is 1. The average Bonchev–Trinajstić information content (AvgIpc) is 3.00. The lowest BCUT2D eigenvalue weighted by atomic mass is 10.1. The third-order valence-corrected chi connectivity index (χ3v) is 4.71. The summed E-state index contributed by atoms with van der Waals surface area (Å²) in [6.07, 6.45) is 3.07. The normalized spacial score (nSPS) is 19.7. The molecule has 9 nitrogen and oxygen atoms in total. The van der Waals surface area contributed by atoms with Gasteiger partial charge < -0.3 is 5.11 Å². The summed E-state index contributed by atoms with van der Waals surface area (Å²) in [5, 5.41) is 14.0. The first-order chi connectivity index (χ1) is 12.8. The van der Waals surface area contributed by atoms with Gasteiger partial charge in [-0.3, -0.25) is 14.6 Å². The molecule has 2 N–H and O–H groups in total. The second-order valence-corrected chi connectivity index (χ2v) is 6.86. The van der Waals surface area contributed by atoms with Gasteiger partial charge in [0.25, 0.3) is 5.91 Å². The molecule has 27 heavy (non-hydrogen) atoms. The second-order valence-electron chi connectivity index (χ2n) is 5.95. The zero-order valence-corrected chi connectivity index (χ0v) is 16.3. The van der Waals surface area contributed by atoms with Gasteiger partial charge in [-0.1, -0.05) is 33.6 Å². The molecule has 3 amide bonds. The molecule has 0 aromatic heterocycles. The minimum atomic E-state index is -0.729. The van der Waals surface area contributed by atoms with E-state index in [4.69, 9.17) is 0 Å². The first kappa shape index (κ1) is 18.8. The van der Waals surface area contributed by atoms with Gasteiger partial charge in [-0.25, -0.2) is 9.37 Å². The van der Waals surface area contributed by atoms with Gasteiger partial charge in [0, 0.05) is 24.1 Å². The number of hydrogen-bond donors (Lipinski definition) is 2. The Bertz CT molecular complexity index is 923. The summed E-state index contributed by atoms with van der Waals surface area (Å²) in [5.74, 6) is 0.339. The van der Waals surface area contributed by atoms with E-state index in [0.29, 0.717) is 23.9 Å². The maximum atomic E-state index is 12.6. The van der Waals surface area contributed by atoms with Crippen LogP contribution in [0.15, 0.2) is 45.4 Å².